The largest absolute Gasteiger partial charge is 2.00 e. The van der Waals surface area contributed by atoms with Crippen LogP contribution < -0.4 is 0 Å². The number of nitrogens with one attached hydrogen (secondary N) is 6. The minimum atomic E-state index is -1.25. The summed E-state index contributed by atoms with van der Waals surface area (Å²) < 4.78 is 0. The maximum atomic E-state index is 8.47. The van der Waals surface area contributed by atoms with Crippen LogP contribution >= 0.6 is 0 Å². The van der Waals surface area contributed by atoms with Gasteiger partial charge in [-0.2, -0.15) is 19.6 Å². The fourth-order valence-electron chi connectivity index (χ4n) is 0.650. The zero-order chi connectivity index (χ0) is 18.6. The second kappa shape index (κ2) is 29.6. The Morgan fingerprint density at radius 3 is 0.870 bits per heavy atom. The summed E-state index contributed by atoms with van der Waals surface area (Å²) >= 11 is 0. The Bertz CT molecular complexity index is 183. The zero-order valence-corrected chi connectivity index (χ0v) is 17.4. The van der Waals surface area contributed by atoms with E-state index in [1.165, 1.54) is 0 Å². The molecule has 0 saturated heterocycles. The van der Waals surface area contributed by atoms with Gasteiger partial charge in [-0.1, -0.05) is 40.0 Å². The molecule has 0 aromatic rings. The molecule has 0 amide bonds. The van der Waals surface area contributed by atoms with Gasteiger partial charge in [0.15, 0.2) is 0 Å². The monoisotopic (exact) mass is 386 g/mol. The van der Waals surface area contributed by atoms with Crippen molar-refractivity contribution in [3.8, 4) is 0 Å². The molecule has 3 unspecified atom stereocenters. The van der Waals surface area contributed by atoms with Crippen LogP contribution in [0.25, 0.3) is 34.4 Å². The van der Waals surface area contributed by atoms with Crippen molar-refractivity contribution in [1.29, 1.82) is 0 Å². The maximum Gasteiger partial charge on any atom is 2.00 e. The van der Waals surface area contributed by atoms with Crippen LogP contribution in [-0.2, 0) is 19.5 Å². The molecular weight excluding hydrogens is 356 g/mol. The van der Waals surface area contributed by atoms with E-state index >= 15 is 0 Å². The van der Waals surface area contributed by atoms with E-state index in [0.717, 1.165) is 0 Å². The normalized spacial score (nSPS) is 12.4. The predicted molar refractivity (Wildman–Crippen MR) is 90.0 cm³/mol. The standard InChI is InChI=1S/3C4H10N2.H2NO3.Zn/c3*1-4(6)2-3-5;2-1(3)4;/h3*4-6H,2-3H2,1H3;(H2,2,3,4);/q3*-2;+1;+2. The van der Waals surface area contributed by atoms with Crippen LogP contribution in [-0.4, -0.2) is 53.3 Å². The van der Waals surface area contributed by atoms with E-state index in [0.29, 0.717) is 38.9 Å². The average Bonchev–Trinajstić information content (AvgIpc) is 2.28. The predicted octanol–water partition coefficient (Wildman–Crippen LogP) is 5.15. The van der Waals surface area contributed by atoms with Gasteiger partial charge in [0.05, 0.1) is 0 Å². The van der Waals surface area contributed by atoms with Gasteiger partial charge >= 0.3 is 24.6 Å². The molecule has 138 valence electrons. The van der Waals surface area contributed by atoms with Crippen LogP contribution in [0.5, 0.6) is 0 Å². The Kier molecular flexibility index (Phi) is 43.8. The summed E-state index contributed by atoms with van der Waals surface area (Å²) in [7, 11) is 0. The molecule has 8 N–H and O–H groups in total. The Morgan fingerprint density at radius 2 is 0.870 bits per heavy atom. The van der Waals surface area contributed by atoms with Crippen molar-refractivity contribution >= 4 is 0 Å². The molecular formula is C12H32N7O3Zn-3. The van der Waals surface area contributed by atoms with Crippen LogP contribution in [0.3, 0.4) is 0 Å². The molecule has 0 aliphatic rings. The molecule has 0 aromatic heterocycles. The summed E-state index contributed by atoms with van der Waals surface area (Å²) in [6.07, 6.45) is 2.12. The number of hydrogen-bond acceptors (Lipinski definition) is 1. The molecule has 0 aliphatic heterocycles. The van der Waals surface area contributed by atoms with Gasteiger partial charge in [-0.25, -0.2) is 10.4 Å². The first-order valence-corrected chi connectivity index (χ1v) is 6.97. The minimum absolute atomic E-state index is 0. The summed E-state index contributed by atoms with van der Waals surface area (Å²) in [6, 6.07) is -0.118. The maximum absolute atomic E-state index is 8.47. The first-order valence-electron chi connectivity index (χ1n) is 6.97. The van der Waals surface area contributed by atoms with Gasteiger partial charge in [0, 0.05) is 0 Å². The smallest absolute Gasteiger partial charge is 0.677 e. The SMILES string of the molecule is CC([NH-])CC[NH-].CC([NH-])CC[NH-].CC([NH-])CC[NH-].O=[N+](O)O.[Zn+2]. The van der Waals surface area contributed by atoms with Gasteiger partial charge in [-0.05, 0) is 0 Å². The quantitative estimate of drug-likeness (QED) is 0.468. The molecule has 0 aliphatic carbocycles. The van der Waals surface area contributed by atoms with E-state index in [1.807, 2.05) is 0 Å². The fourth-order valence-corrected chi connectivity index (χ4v) is 0.650. The van der Waals surface area contributed by atoms with E-state index < -0.39 is 5.09 Å². The van der Waals surface area contributed by atoms with Crippen molar-refractivity contribution in [2.75, 3.05) is 19.6 Å². The summed E-state index contributed by atoms with van der Waals surface area (Å²) in [4.78, 5) is 8.47. The molecule has 0 heterocycles. The number of nitrogens with zero attached hydrogens (tertiary/aromatic N) is 1. The van der Waals surface area contributed by atoms with Crippen molar-refractivity contribution in [1.82, 2.24) is 0 Å². The molecule has 0 fully saturated rings. The summed E-state index contributed by atoms with van der Waals surface area (Å²) in [5, 5.41) is 12.5. The van der Waals surface area contributed by atoms with E-state index in [9.17, 15) is 0 Å². The van der Waals surface area contributed by atoms with Crippen LogP contribution in [0.2, 0.25) is 0 Å². The first kappa shape index (κ1) is 34.0. The molecule has 0 saturated carbocycles. The molecule has 0 spiro atoms. The molecule has 23 heavy (non-hydrogen) atoms. The molecule has 0 aromatic carbocycles. The second-order valence-electron chi connectivity index (χ2n) is 4.57. The first-order chi connectivity index (χ1) is 10.0. The minimum Gasteiger partial charge on any atom is -0.677 e. The van der Waals surface area contributed by atoms with Crippen LogP contribution in [0, 0.1) is 4.91 Å². The molecule has 0 rings (SSSR count). The van der Waals surface area contributed by atoms with Crippen molar-refractivity contribution in [3.63, 3.8) is 0 Å². The van der Waals surface area contributed by atoms with Crippen molar-refractivity contribution in [2.24, 2.45) is 0 Å². The third kappa shape index (κ3) is 112. The van der Waals surface area contributed by atoms with Gasteiger partial charge in [0.1, 0.15) is 4.91 Å². The Labute approximate surface area is 152 Å². The molecule has 11 heteroatoms. The second-order valence-corrected chi connectivity index (χ2v) is 4.57. The van der Waals surface area contributed by atoms with Gasteiger partial charge in [-0.3, -0.25) is 0 Å². The molecule has 10 nitrogen and oxygen atoms in total. The molecule has 0 bridgehead atoms. The van der Waals surface area contributed by atoms with Crippen molar-refractivity contribution in [3.05, 3.63) is 39.3 Å². The zero-order valence-electron chi connectivity index (χ0n) is 14.4. The van der Waals surface area contributed by atoms with Gasteiger partial charge < -0.3 is 34.4 Å². The van der Waals surface area contributed by atoms with Gasteiger partial charge in [0.2, 0.25) is 0 Å². The third-order valence-corrected chi connectivity index (χ3v) is 1.73. The van der Waals surface area contributed by atoms with Crippen molar-refractivity contribution in [2.45, 2.75) is 58.2 Å². The van der Waals surface area contributed by atoms with E-state index in [4.69, 9.17) is 49.7 Å². The summed E-state index contributed by atoms with van der Waals surface area (Å²) in [5.74, 6) is 0. The van der Waals surface area contributed by atoms with Gasteiger partial charge in [0.25, 0.3) is 0 Å². The van der Waals surface area contributed by atoms with Crippen LogP contribution in [0.1, 0.15) is 40.0 Å². The summed E-state index contributed by atoms with van der Waals surface area (Å²) in [5.41, 5.74) is 40.4. The Morgan fingerprint density at radius 1 is 0.739 bits per heavy atom. The number of hydrogen-bond donors (Lipinski definition) is 2. The van der Waals surface area contributed by atoms with Crippen LogP contribution in [0.4, 0.5) is 0 Å². The van der Waals surface area contributed by atoms with Crippen LogP contribution in [0.15, 0.2) is 0 Å². The summed E-state index contributed by atoms with van der Waals surface area (Å²) in [6.45, 7) is 6.58. The van der Waals surface area contributed by atoms with Gasteiger partial charge in [-0.15, -0.1) is 18.1 Å². The van der Waals surface area contributed by atoms with E-state index in [2.05, 4.69) is 0 Å². The molecule has 3 atom stereocenters. The average molecular weight is 388 g/mol. The molecule has 0 radical (unpaired) electrons. The van der Waals surface area contributed by atoms with E-state index in [-0.39, 0.29) is 37.6 Å². The third-order valence-electron chi connectivity index (χ3n) is 1.73. The Balaban J connectivity index is -0.0000000624. The topological polar surface area (TPSA) is 203 Å². The van der Waals surface area contributed by atoms with Crippen molar-refractivity contribution < 1.29 is 35.0 Å². The van der Waals surface area contributed by atoms with E-state index in [1.54, 1.807) is 20.8 Å². The number of rotatable bonds is 6. The Hall–Kier alpha value is -0.417. The fraction of sp³-hybridized carbons (Fsp3) is 1.00.